The van der Waals surface area contributed by atoms with E-state index in [4.69, 9.17) is 4.74 Å². The van der Waals surface area contributed by atoms with E-state index >= 15 is 0 Å². The van der Waals surface area contributed by atoms with Crippen molar-refractivity contribution in [1.82, 2.24) is 5.32 Å². The Morgan fingerprint density at radius 2 is 1.87 bits per heavy atom. The van der Waals surface area contributed by atoms with Gasteiger partial charge in [-0.1, -0.05) is 18.2 Å². The van der Waals surface area contributed by atoms with Crippen LogP contribution >= 0.6 is 0 Å². The van der Waals surface area contributed by atoms with Crippen LogP contribution in [0.5, 0.6) is 0 Å². The van der Waals surface area contributed by atoms with Crippen molar-refractivity contribution < 1.29 is 22.8 Å². The van der Waals surface area contributed by atoms with Crippen LogP contribution in [0.15, 0.2) is 47.4 Å². The van der Waals surface area contributed by atoms with E-state index in [1.807, 2.05) is 13.0 Å². The molecule has 0 atom stereocenters. The number of rotatable bonds is 8. The molecule has 0 unspecified atom stereocenters. The number of sulfonamides is 1. The van der Waals surface area contributed by atoms with E-state index in [-0.39, 0.29) is 10.8 Å². The van der Waals surface area contributed by atoms with Gasteiger partial charge in [-0.05, 0) is 49.2 Å². The van der Waals surface area contributed by atoms with Crippen molar-refractivity contribution in [3.8, 4) is 0 Å². The van der Waals surface area contributed by atoms with Gasteiger partial charge in [-0.15, -0.1) is 0 Å². The van der Waals surface area contributed by atoms with E-state index in [0.29, 0.717) is 17.8 Å². The molecular formula is C22H30N3O4S+. The molecule has 1 aliphatic rings. The largest absolute Gasteiger partial charge is 0.370 e. The summed E-state index contributed by atoms with van der Waals surface area (Å²) in [6, 6.07) is 11.8. The number of hydrogen-bond donors (Lipinski definition) is 3. The number of hydrogen-bond acceptors (Lipinski definition) is 4. The number of ether oxygens (including phenoxy) is 1. The van der Waals surface area contributed by atoms with Gasteiger partial charge < -0.3 is 15.0 Å². The van der Waals surface area contributed by atoms with E-state index in [0.717, 1.165) is 50.4 Å². The Morgan fingerprint density at radius 1 is 1.10 bits per heavy atom. The lowest BCUT2D eigenvalue weighted by Gasteiger charge is -2.23. The molecule has 2 aromatic carbocycles. The van der Waals surface area contributed by atoms with Gasteiger partial charge >= 0.3 is 0 Å². The minimum Gasteiger partial charge on any atom is -0.370 e. The van der Waals surface area contributed by atoms with Crippen molar-refractivity contribution in [2.75, 3.05) is 44.1 Å². The fraction of sp³-hybridized carbons (Fsp3) is 0.409. The smallest absolute Gasteiger partial charge is 0.261 e. The van der Waals surface area contributed by atoms with Crippen LogP contribution < -0.4 is 14.9 Å². The fourth-order valence-corrected chi connectivity index (χ4v) is 4.56. The number of carbonyl (C=O) groups excluding carboxylic acids is 1. The number of carbonyl (C=O) groups is 1. The Balaban J connectivity index is 1.62. The van der Waals surface area contributed by atoms with E-state index in [9.17, 15) is 13.2 Å². The minimum absolute atomic E-state index is 0.0671. The highest BCUT2D eigenvalue weighted by molar-refractivity contribution is 7.92. The van der Waals surface area contributed by atoms with E-state index in [1.165, 1.54) is 17.0 Å². The molecule has 3 rings (SSSR count). The molecule has 30 heavy (non-hydrogen) atoms. The van der Waals surface area contributed by atoms with Crippen molar-refractivity contribution in [3.05, 3.63) is 59.2 Å². The van der Waals surface area contributed by atoms with Crippen LogP contribution in [0.25, 0.3) is 0 Å². The van der Waals surface area contributed by atoms with Crippen LogP contribution in [0.2, 0.25) is 0 Å². The predicted molar refractivity (Wildman–Crippen MR) is 116 cm³/mol. The van der Waals surface area contributed by atoms with Crippen molar-refractivity contribution >= 4 is 21.6 Å². The second kappa shape index (κ2) is 10.1. The van der Waals surface area contributed by atoms with Crippen molar-refractivity contribution in [1.29, 1.82) is 0 Å². The van der Waals surface area contributed by atoms with Crippen LogP contribution in [0.1, 0.15) is 27.9 Å². The number of aryl methyl sites for hydroxylation is 2. The molecule has 162 valence electrons. The molecule has 1 heterocycles. The highest BCUT2D eigenvalue weighted by Gasteiger charge is 2.19. The zero-order valence-corrected chi connectivity index (χ0v) is 18.3. The van der Waals surface area contributed by atoms with Crippen LogP contribution in [0, 0.1) is 13.8 Å². The summed E-state index contributed by atoms with van der Waals surface area (Å²) in [5.41, 5.74) is 2.56. The summed E-state index contributed by atoms with van der Waals surface area (Å²) in [4.78, 5) is 14.2. The highest BCUT2D eigenvalue weighted by atomic mass is 32.2. The van der Waals surface area contributed by atoms with Gasteiger partial charge in [0, 0.05) is 24.2 Å². The lowest BCUT2D eigenvalue weighted by molar-refractivity contribution is -0.908. The van der Waals surface area contributed by atoms with Gasteiger partial charge in [-0.25, -0.2) is 8.42 Å². The summed E-state index contributed by atoms with van der Waals surface area (Å²) >= 11 is 0. The molecule has 0 bridgehead atoms. The quantitative estimate of drug-likeness (QED) is 0.546. The maximum atomic E-state index is 12.8. The molecule has 8 heteroatoms. The average Bonchev–Trinajstić information content (AvgIpc) is 2.71. The summed E-state index contributed by atoms with van der Waals surface area (Å²) in [7, 11) is -3.79. The Hall–Kier alpha value is -2.42. The standard InChI is InChI=1S/C22H29N3O4S/c1-17-5-3-6-19(15-17)24-30(27,28)20-8-7-18(2)21(16-20)22(26)23-9-4-10-25-11-13-29-14-12-25/h3,5-8,15-16,24H,4,9-14H2,1-2H3,(H,23,26)/p+1. The van der Waals surface area contributed by atoms with Crippen LogP contribution in [0.3, 0.4) is 0 Å². The third-order valence-electron chi connectivity index (χ3n) is 5.23. The molecule has 3 N–H and O–H groups in total. The van der Waals surface area contributed by atoms with Crippen molar-refractivity contribution in [3.63, 3.8) is 0 Å². The van der Waals surface area contributed by atoms with Crippen LogP contribution in [0.4, 0.5) is 5.69 Å². The molecule has 0 aromatic heterocycles. The Labute approximate surface area is 178 Å². The lowest BCUT2D eigenvalue weighted by atomic mass is 10.1. The van der Waals surface area contributed by atoms with Gasteiger partial charge in [0.15, 0.2) is 0 Å². The first-order valence-electron chi connectivity index (χ1n) is 10.2. The van der Waals surface area contributed by atoms with Crippen LogP contribution in [-0.4, -0.2) is 53.7 Å². The number of quaternary nitrogens is 1. The van der Waals surface area contributed by atoms with E-state index < -0.39 is 10.0 Å². The maximum Gasteiger partial charge on any atom is 0.261 e. The molecule has 1 aliphatic heterocycles. The summed E-state index contributed by atoms with van der Waals surface area (Å²) < 4.78 is 33.5. The van der Waals surface area contributed by atoms with Gasteiger partial charge in [-0.2, -0.15) is 0 Å². The fourth-order valence-electron chi connectivity index (χ4n) is 3.48. The molecule has 0 spiro atoms. The first-order chi connectivity index (χ1) is 14.3. The maximum absolute atomic E-state index is 12.8. The molecule has 0 saturated carbocycles. The van der Waals surface area contributed by atoms with Gasteiger partial charge in [-0.3, -0.25) is 9.52 Å². The first kappa shape index (κ1) is 22.3. The summed E-state index contributed by atoms with van der Waals surface area (Å²) in [6.07, 6.45) is 0.868. The summed E-state index contributed by atoms with van der Waals surface area (Å²) in [5.74, 6) is -0.253. The molecule has 1 fully saturated rings. The zero-order valence-electron chi connectivity index (χ0n) is 17.5. The number of amides is 1. The van der Waals surface area contributed by atoms with Gasteiger partial charge in [0.2, 0.25) is 0 Å². The van der Waals surface area contributed by atoms with Gasteiger partial charge in [0.25, 0.3) is 15.9 Å². The Morgan fingerprint density at radius 3 is 2.60 bits per heavy atom. The first-order valence-corrected chi connectivity index (χ1v) is 11.7. The van der Waals surface area contributed by atoms with E-state index in [2.05, 4.69) is 10.0 Å². The van der Waals surface area contributed by atoms with Crippen molar-refractivity contribution in [2.45, 2.75) is 25.2 Å². The third kappa shape index (κ3) is 6.04. The molecule has 1 amide bonds. The highest BCUT2D eigenvalue weighted by Crippen LogP contribution is 2.20. The lowest BCUT2D eigenvalue weighted by Crippen LogP contribution is -3.14. The molecular weight excluding hydrogens is 402 g/mol. The number of benzene rings is 2. The van der Waals surface area contributed by atoms with Crippen LogP contribution in [-0.2, 0) is 14.8 Å². The predicted octanol–water partition coefficient (Wildman–Crippen LogP) is 1.14. The molecule has 0 radical (unpaired) electrons. The topological polar surface area (TPSA) is 88.9 Å². The second-order valence-corrected chi connectivity index (χ2v) is 9.36. The molecule has 0 aliphatic carbocycles. The minimum atomic E-state index is -3.79. The average molecular weight is 433 g/mol. The van der Waals surface area contributed by atoms with Gasteiger partial charge in [0.1, 0.15) is 13.1 Å². The number of morpholine rings is 1. The number of nitrogens with one attached hydrogen (secondary N) is 3. The second-order valence-electron chi connectivity index (χ2n) is 7.67. The zero-order chi connectivity index (χ0) is 21.6. The molecule has 7 nitrogen and oxygen atoms in total. The summed E-state index contributed by atoms with van der Waals surface area (Å²) in [5, 5.41) is 2.92. The van der Waals surface area contributed by atoms with E-state index in [1.54, 1.807) is 31.2 Å². The SMILES string of the molecule is Cc1cccc(NS(=O)(=O)c2ccc(C)c(C(=O)NCCC[NH+]3CCOCC3)c2)c1. The molecule has 1 saturated heterocycles. The Kier molecular flexibility index (Phi) is 7.47. The monoisotopic (exact) mass is 432 g/mol. The Bertz CT molecular complexity index is 986. The number of anilines is 1. The summed E-state index contributed by atoms with van der Waals surface area (Å²) in [6.45, 7) is 8.82. The van der Waals surface area contributed by atoms with Crippen molar-refractivity contribution in [2.24, 2.45) is 0 Å². The third-order valence-corrected chi connectivity index (χ3v) is 6.61. The normalized spacial score (nSPS) is 15.0. The van der Waals surface area contributed by atoms with Gasteiger partial charge in [0.05, 0.1) is 24.7 Å². The molecule has 2 aromatic rings.